The van der Waals surface area contributed by atoms with E-state index >= 15 is 0 Å². The Bertz CT molecular complexity index is 578. The summed E-state index contributed by atoms with van der Waals surface area (Å²) in [5.74, 6) is -0.410. The molecule has 0 bridgehead atoms. The largest absolute Gasteiger partial charge is 0.478 e. The number of carbonyl (C=O) groups is 2. The van der Waals surface area contributed by atoms with E-state index in [0.29, 0.717) is 24.6 Å². The van der Waals surface area contributed by atoms with E-state index in [1.807, 2.05) is 25.7 Å². The number of rotatable bonds is 2. The first-order valence-electron chi connectivity index (χ1n) is 6.93. The van der Waals surface area contributed by atoms with Crippen molar-refractivity contribution in [2.75, 3.05) is 31.6 Å². The zero-order valence-electron chi connectivity index (χ0n) is 12.9. The van der Waals surface area contributed by atoms with E-state index < -0.39 is 5.97 Å². The number of pyridine rings is 1. The van der Waals surface area contributed by atoms with Gasteiger partial charge in [-0.3, -0.25) is 4.79 Å². The minimum atomic E-state index is -0.982. The lowest BCUT2D eigenvalue weighted by atomic mass is 9.90. The van der Waals surface area contributed by atoms with Gasteiger partial charge in [-0.15, -0.1) is 0 Å². The molecule has 1 aromatic heterocycles. The van der Waals surface area contributed by atoms with Crippen molar-refractivity contribution in [2.24, 2.45) is 0 Å². The van der Waals surface area contributed by atoms with E-state index in [-0.39, 0.29) is 23.4 Å². The maximum absolute atomic E-state index is 11.8. The Balaban J connectivity index is 2.41. The molecule has 0 spiro atoms. The number of piperazine rings is 1. The fourth-order valence-electron chi connectivity index (χ4n) is 2.14. The van der Waals surface area contributed by atoms with Crippen molar-refractivity contribution in [1.29, 1.82) is 0 Å². The highest BCUT2D eigenvalue weighted by Crippen LogP contribution is 2.25. The smallest absolute Gasteiger partial charge is 0.335 e. The molecular formula is C15H21N3O3. The van der Waals surface area contributed by atoms with Gasteiger partial charge in [0.15, 0.2) is 0 Å². The van der Waals surface area contributed by atoms with Crippen LogP contribution in [0.25, 0.3) is 0 Å². The van der Waals surface area contributed by atoms with E-state index in [2.05, 4.69) is 4.98 Å². The second-order valence-electron chi connectivity index (χ2n) is 6.39. The number of amides is 1. The standard InChI is InChI=1S/C15H21N3O3/c1-15(2,3)11-7-10(14(20)21)8-12(16-11)18-6-5-17(4)13(19)9-18/h7-8H,5-6,9H2,1-4H3,(H,20,21). The van der Waals surface area contributed by atoms with Gasteiger partial charge in [0.2, 0.25) is 5.91 Å². The molecule has 21 heavy (non-hydrogen) atoms. The molecule has 0 aliphatic carbocycles. The first-order valence-corrected chi connectivity index (χ1v) is 6.93. The molecule has 0 saturated carbocycles. The van der Waals surface area contributed by atoms with Gasteiger partial charge in [0.25, 0.3) is 0 Å². The maximum atomic E-state index is 11.8. The third-order valence-electron chi connectivity index (χ3n) is 3.61. The summed E-state index contributed by atoms with van der Waals surface area (Å²) in [6, 6.07) is 3.14. The molecule has 0 unspecified atom stereocenters. The fourth-order valence-corrected chi connectivity index (χ4v) is 2.14. The van der Waals surface area contributed by atoms with Crippen molar-refractivity contribution < 1.29 is 14.7 Å². The highest BCUT2D eigenvalue weighted by molar-refractivity contribution is 5.89. The van der Waals surface area contributed by atoms with Crippen LogP contribution >= 0.6 is 0 Å². The zero-order chi connectivity index (χ0) is 15.8. The number of hydrogen-bond acceptors (Lipinski definition) is 4. The van der Waals surface area contributed by atoms with E-state index in [4.69, 9.17) is 0 Å². The van der Waals surface area contributed by atoms with Crippen molar-refractivity contribution in [3.8, 4) is 0 Å². The summed E-state index contributed by atoms with van der Waals surface area (Å²) in [5.41, 5.74) is 0.664. The lowest BCUT2D eigenvalue weighted by Crippen LogP contribution is -2.49. The summed E-state index contributed by atoms with van der Waals surface area (Å²) >= 11 is 0. The van der Waals surface area contributed by atoms with Crippen LogP contribution in [-0.2, 0) is 10.2 Å². The van der Waals surface area contributed by atoms with E-state index in [1.165, 1.54) is 6.07 Å². The Labute approximate surface area is 124 Å². The number of aromatic nitrogens is 1. The van der Waals surface area contributed by atoms with E-state index in [9.17, 15) is 14.7 Å². The number of carbonyl (C=O) groups excluding carboxylic acids is 1. The number of anilines is 1. The topological polar surface area (TPSA) is 73.7 Å². The van der Waals surface area contributed by atoms with Gasteiger partial charge in [0.1, 0.15) is 5.82 Å². The van der Waals surface area contributed by atoms with Crippen molar-refractivity contribution in [2.45, 2.75) is 26.2 Å². The van der Waals surface area contributed by atoms with Gasteiger partial charge >= 0.3 is 5.97 Å². The molecule has 114 valence electrons. The van der Waals surface area contributed by atoms with Crippen LogP contribution in [-0.4, -0.2) is 53.5 Å². The molecule has 6 heteroatoms. The molecule has 1 saturated heterocycles. The summed E-state index contributed by atoms with van der Waals surface area (Å²) < 4.78 is 0. The number of hydrogen-bond donors (Lipinski definition) is 1. The summed E-state index contributed by atoms with van der Waals surface area (Å²) in [4.78, 5) is 31.2. The number of nitrogens with zero attached hydrogens (tertiary/aromatic N) is 3. The quantitative estimate of drug-likeness (QED) is 0.890. The average molecular weight is 291 g/mol. The first-order chi connectivity index (χ1) is 9.68. The van der Waals surface area contributed by atoms with Crippen molar-refractivity contribution >= 4 is 17.7 Å². The van der Waals surface area contributed by atoms with Gasteiger partial charge in [0.05, 0.1) is 12.1 Å². The molecule has 2 heterocycles. The highest BCUT2D eigenvalue weighted by atomic mass is 16.4. The molecule has 0 aromatic carbocycles. The Morgan fingerprint density at radius 2 is 1.95 bits per heavy atom. The van der Waals surface area contributed by atoms with Gasteiger partial charge < -0.3 is 14.9 Å². The van der Waals surface area contributed by atoms with Crippen LogP contribution in [0.2, 0.25) is 0 Å². The normalized spacial score (nSPS) is 16.3. The van der Waals surface area contributed by atoms with Crippen LogP contribution in [0, 0.1) is 0 Å². The average Bonchev–Trinajstić information content (AvgIpc) is 2.40. The predicted octanol–water partition coefficient (Wildman–Crippen LogP) is 1.36. The van der Waals surface area contributed by atoms with Crippen LogP contribution in [0.1, 0.15) is 36.8 Å². The summed E-state index contributed by atoms with van der Waals surface area (Å²) in [5, 5.41) is 9.27. The van der Waals surface area contributed by atoms with Gasteiger partial charge in [0, 0.05) is 31.2 Å². The Morgan fingerprint density at radius 1 is 1.29 bits per heavy atom. The van der Waals surface area contributed by atoms with Crippen molar-refractivity contribution in [3.63, 3.8) is 0 Å². The van der Waals surface area contributed by atoms with Gasteiger partial charge in [-0.25, -0.2) is 9.78 Å². The zero-order valence-corrected chi connectivity index (χ0v) is 12.9. The minimum absolute atomic E-state index is 0.0149. The SMILES string of the molecule is CN1CCN(c2cc(C(=O)O)cc(C(C)(C)C)n2)CC1=O. The minimum Gasteiger partial charge on any atom is -0.478 e. The Morgan fingerprint density at radius 3 is 2.48 bits per heavy atom. The molecule has 6 nitrogen and oxygen atoms in total. The van der Waals surface area contributed by atoms with Crippen LogP contribution in [0.3, 0.4) is 0 Å². The number of aromatic carboxylic acids is 1. The highest BCUT2D eigenvalue weighted by Gasteiger charge is 2.25. The Kier molecular flexibility index (Phi) is 3.89. The van der Waals surface area contributed by atoms with Gasteiger partial charge in [-0.2, -0.15) is 0 Å². The Hall–Kier alpha value is -2.11. The predicted molar refractivity (Wildman–Crippen MR) is 79.7 cm³/mol. The van der Waals surface area contributed by atoms with Gasteiger partial charge in [-0.1, -0.05) is 20.8 Å². The lowest BCUT2D eigenvalue weighted by molar-refractivity contribution is -0.129. The monoisotopic (exact) mass is 291 g/mol. The molecule has 1 aromatic rings. The lowest BCUT2D eigenvalue weighted by Gasteiger charge is -2.33. The third kappa shape index (κ3) is 3.32. The molecule has 0 radical (unpaired) electrons. The van der Waals surface area contributed by atoms with Crippen LogP contribution in [0.5, 0.6) is 0 Å². The molecule has 1 N–H and O–H groups in total. The molecule has 2 rings (SSSR count). The maximum Gasteiger partial charge on any atom is 0.335 e. The molecule has 0 atom stereocenters. The number of carboxylic acid groups (broad SMARTS) is 1. The summed E-state index contributed by atoms with van der Waals surface area (Å²) in [7, 11) is 1.77. The van der Waals surface area contributed by atoms with Crippen LogP contribution < -0.4 is 4.90 Å². The molecule has 1 aliphatic rings. The van der Waals surface area contributed by atoms with Crippen molar-refractivity contribution in [3.05, 3.63) is 23.4 Å². The number of likely N-dealkylation sites (N-methyl/N-ethyl adjacent to an activating group) is 1. The second-order valence-corrected chi connectivity index (χ2v) is 6.39. The fraction of sp³-hybridized carbons (Fsp3) is 0.533. The van der Waals surface area contributed by atoms with Crippen LogP contribution in [0.15, 0.2) is 12.1 Å². The molecular weight excluding hydrogens is 270 g/mol. The third-order valence-corrected chi connectivity index (χ3v) is 3.61. The number of carboxylic acids is 1. The van der Waals surface area contributed by atoms with Crippen LogP contribution in [0.4, 0.5) is 5.82 Å². The molecule has 1 aliphatic heterocycles. The molecule has 1 fully saturated rings. The summed E-state index contributed by atoms with van der Waals surface area (Å²) in [6.45, 7) is 7.46. The summed E-state index contributed by atoms with van der Waals surface area (Å²) in [6.07, 6.45) is 0. The van der Waals surface area contributed by atoms with E-state index in [1.54, 1.807) is 18.0 Å². The van der Waals surface area contributed by atoms with Gasteiger partial charge in [-0.05, 0) is 12.1 Å². The van der Waals surface area contributed by atoms with E-state index in [0.717, 1.165) is 0 Å². The second kappa shape index (κ2) is 5.35. The molecule has 1 amide bonds. The first kappa shape index (κ1) is 15.3. The van der Waals surface area contributed by atoms with Crippen molar-refractivity contribution in [1.82, 2.24) is 9.88 Å².